The molecule has 0 fully saturated rings. The fraction of sp³-hybridized carbons (Fsp3) is 0. The van der Waals surface area contributed by atoms with Gasteiger partial charge in [0.15, 0.2) is 11.6 Å². The standard InChI is InChI=1S/C6H3BF5.K/c8-5-2-1-4(3-6(5)9)7(10,11)12;/h1-3H;/q-1;+1. The van der Waals surface area contributed by atoms with Gasteiger partial charge in [-0.15, -0.1) is 5.46 Å². The summed E-state index contributed by atoms with van der Waals surface area (Å²) in [5.74, 6) is -2.76. The van der Waals surface area contributed by atoms with Crippen molar-refractivity contribution in [2.75, 3.05) is 0 Å². The van der Waals surface area contributed by atoms with E-state index in [1.807, 2.05) is 0 Å². The smallest absolute Gasteiger partial charge is 0.445 e. The van der Waals surface area contributed by atoms with Gasteiger partial charge in [-0.3, -0.25) is 0 Å². The summed E-state index contributed by atoms with van der Waals surface area (Å²) in [4.78, 5) is 0. The van der Waals surface area contributed by atoms with Gasteiger partial charge < -0.3 is 12.9 Å². The molecule has 0 aromatic heterocycles. The minimum Gasteiger partial charge on any atom is -0.445 e. The second kappa shape index (κ2) is 4.88. The number of rotatable bonds is 1. The molecule has 0 atom stereocenters. The average molecular weight is 220 g/mol. The van der Waals surface area contributed by atoms with Crippen molar-refractivity contribution in [3.63, 3.8) is 0 Å². The second-order valence-electron chi connectivity index (χ2n) is 2.25. The van der Waals surface area contributed by atoms with Crippen LogP contribution in [0.5, 0.6) is 0 Å². The van der Waals surface area contributed by atoms with Crippen molar-refractivity contribution >= 4 is 12.4 Å². The number of benzene rings is 1. The van der Waals surface area contributed by atoms with Gasteiger partial charge in [-0.1, -0.05) is 12.1 Å². The molecule has 66 valence electrons. The molecule has 13 heavy (non-hydrogen) atoms. The van der Waals surface area contributed by atoms with Gasteiger partial charge in [-0.25, -0.2) is 8.78 Å². The summed E-state index contributed by atoms with van der Waals surface area (Å²) >= 11 is 0. The Labute approximate surface area is 114 Å². The topological polar surface area (TPSA) is 0 Å². The summed E-state index contributed by atoms with van der Waals surface area (Å²) in [6.07, 6.45) is 0. The van der Waals surface area contributed by atoms with Gasteiger partial charge in [0.25, 0.3) is 0 Å². The van der Waals surface area contributed by atoms with Gasteiger partial charge in [-0.05, 0) is 6.07 Å². The van der Waals surface area contributed by atoms with E-state index in [1.165, 1.54) is 0 Å². The van der Waals surface area contributed by atoms with E-state index in [2.05, 4.69) is 0 Å². The first-order valence-electron chi connectivity index (χ1n) is 3.06. The van der Waals surface area contributed by atoms with Crippen LogP contribution in [0.15, 0.2) is 18.2 Å². The molecule has 1 aromatic carbocycles. The molecule has 0 saturated heterocycles. The fourth-order valence-corrected chi connectivity index (χ4v) is 0.716. The molecule has 0 N–H and O–H groups in total. The van der Waals surface area contributed by atoms with Crippen LogP contribution in [0, 0.1) is 11.6 Å². The van der Waals surface area contributed by atoms with Crippen LogP contribution in [0.3, 0.4) is 0 Å². The van der Waals surface area contributed by atoms with Crippen LogP contribution >= 0.6 is 0 Å². The van der Waals surface area contributed by atoms with Crippen molar-refractivity contribution < 1.29 is 73.1 Å². The maximum atomic E-state index is 12.2. The summed E-state index contributed by atoms with van der Waals surface area (Å²) in [6, 6.07) is 1.12. The first-order valence-corrected chi connectivity index (χ1v) is 3.06. The van der Waals surface area contributed by atoms with Gasteiger partial charge >= 0.3 is 58.4 Å². The SMILES string of the molecule is Fc1ccc([B-](F)(F)F)cc1F.[K+]. The Hall–Kier alpha value is 0.571. The van der Waals surface area contributed by atoms with Crippen LogP contribution in [0.25, 0.3) is 0 Å². The van der Waals surface area contributed by atoms with Gasteiger partial charge in [-0.2, -0.15) is 0 Å². The van der Waals surface area contributed by atoms with Crippen LogP contribution in [0.2, 0.25) is 0 Å². The molecule has 0 aliphatic rings. The molecular weight excluding hydrogens is 217 g/mol. The summed E-state index contributed by atoms with van der Waals surface area (Å²) in [5, 5.41) is 0. The predicted octanol–water partition coefficient (Wildman–Crippen LogP) is -0.977. The molecule has 0 heterocycles. The van der Waals surface area contributed by atoms with E-state index in [4.69, 9.17) is 0 Å². The van der Waals surface area contributed by atoms with E-state index in [-0.39, 0.29) is 57.5 Å². The van der Waals surface area contributed by atoms with Crippen molar-refractivity contribution in [3.8, 4) is 0 Å². The Morgan fingerprint density at radius 1 is 0.923 bits per heavy atom. The third kappa shape index (κ3) is 3.67. The molecule has 0 bridgehead atoms. The monoisotopic (exact) mass is 220 g/mol. The Morgan fingerprint density at radius 3 is 1.85 bits per heavy atom. The summed E-state index contributed by atoms with van der Waals surface area (Å²) in [5.41, 5.74) is -1.13. The van der Waals surface area contributed by atoms with Crippen molar-refractivity contribution in [1.29, 1.82) is 0 Å². The van der Waals surface area contributed by atoms with Crippen LogP contribution in [-0.2, 0) is 0 Å². The Balaban J connectivity index is 0.00000144. The molecule has 1 rings (SSSR count). The van der Waals surface area contributed by atoms with E-state index in [9.17, 15) is 21.7 Å². The van der Waals surface area contributed by atoms with E-state index in [1.54, 1.807) is 0 Å². The predicted molar refractivity (Wildman–Crippen MR) is 35.1 cm³/mol. The molecule has 1 aromatic rings. The summed E-state index contributed by atoms with van der Waals surface area (Å²) < 4.78 is 60.0. The second-order valence-corrected chi connectivity index (χ2v) is 2.25. The third-order valence-electron chi connectivity index (χ3n) is 1.32. The molecule has 0 aliphatic carbocycles. The van der Waals surface area contributed by atoms with Gasteiger partial charge in [0.1, 0.15) is 0 Å². The Bertz CT molecular complexity index is 298. The van der Waals surface area contributed by atoms with Crippen molar-refractivity contribution in [3.05, 3.63) is 29.8 Å². The number of hydrogen-bond donors (Lipinski definition) is 0. The Kier molecular flexibility index (Phi) is 5.09. The molecule has 0 aliphatic heterocycles. The minimum absolute atomic E-state index is 0. The minimum atomic E-state index is -5.24. The molecule has 0 amide bonds. The van der Waals surface area contributed by atoms with Gasteiger partial charge in [0.05, 0.1) is 0 Å². The van der Waals surface area contributed by atoms with E-state index in [0.29, 0.717) is 12.1 Å². The van der Waals surface area contributed by atoms with Crippen LogP contribution < -0.4 is 56.8 Å². The zero-order chi connectivity index (χ0) is 9.35. The number of halogens is 5. The zero-order valence-corrected chi connectivity index (χ0v) is 9.82. The van der Waals surface area contributed by atoms with Crippen LogP contribution in [0.4, 0.5) is 21.7 Å². The normalized spacial score (nSPS) is 10.8. The van der Waals surface area contributed by atoms with E-state index >= 15 is 0 Å². The van der Waals surface area contributed by atoms with E-state index < -0.39 is 24.1 Å². The van der Waals surface area contributed by atoms with E-state index in [0.717, 1.165) is 0 Å². The first kappa shape index (κ1) is 13.6. The van der Waals surface area contributed by atoms with Gasteiger partial charge in [0.2, 0.25) is 0 Å². The summed E-state index contributed by atoms with van der Waals surface area (Å²) in [6.45, 7) is -5.24. The molecule has 0 saturated carbocycles. The molecule has 0 spiro atoms. The maximum Gasteiger partial charge on any atom is 1.00 e. The maximum absolute atomic E-state index is 12.2. The average Bonchev–Trinajstić information content (AvgIpc) is 1.92. The fourth-order valence-electron chi connectivity index (χ4n) is 0.716. The quantitative estimate of drug-likeness (QED) is 0.421. The zero-order valence-electron chi connectivity index (χ0n) is 6.70. The van der Waals surface area contributed by atoms with Crippen LogP contribution in [0.1, 0.15) is 0 Å². The van der Waals surface area contributed by atoms with Crippen molar-refractivity contribution in [1.82, 2.24) is 0 Å². The molecule has 0 nitrogen and oxygen atoms in total. The van der Waals surface area contributed by atoms with Crippen molar-refractivity contribution in [2.24, 2.45) is 0 Å². The molecular formula is C6H3BF5K. The summed E-state index contributed by atoms with van der Waals surface area (Å²) in [7, 11) is 0. The largest absolute Gasteiger partial charge is 1.00 e. The van der Waals surface area contributed by atoms with Crippen LogP contribution in [-0.4, -0.2) is 6.98 Å². The van der Waals surface area contributed by atoms with Crippen molar-refractivity contribution in [2.45, 2.75) is 0 Å². The number of hydrogen-bond acceptors (Lipinski definition) is 0. The molecule has 0 unspecified atom stereocenters. The Morgan fingerprint density at radius 2 is 1.46 bits per heavy atom. The third-order valence-corrected chi connectivity index (χ3v) is 1.32. The molecule has 0 radical (unpaired) electrons. The molecule has 7 heteroatoms. The van der Waals surface area contributed by atoms with Gasteiger partial charge in [0, 0.05) is 0 Å². The first-order chi connectivity index (χ1) is 5.41.